The molecular weight excluding hydrogens is 393 g/mol. The van der Waals surface area contributed by atoms with Gasteiger partial charge in [-0.2, -0.15) is 5.10 Å². The molecule has 0 fully saturated rings. The summed E-state index contributed by atoms with van der Waals surface area (Å²) in [5.74, 6) is -1.90. The minimum atomic E-state index is -1.70. The van der Waals surface area contributed by atoms with Gasteiger partial charge in [-0.3, -0.25) is 4.90 Å². The fourth-order valence-electron chi connectivity index (χ4n) is 3.53. The molecular formula is C22H25F3N4O. The van der Waals surface area contributed by atoms with Gasteiger partial charge < -0.3 is 5.11 Å². The van der Waals surface area contributed by atoms with E-state index in [9.17, 15) is 18.3 Å². The van der Waals surface area contributed by atoms with Crippen molar-refractivity contribution in [1.29, 1.82) is 0 Å². The van der Waals surface area contributed by atoms with Crippen LogP contribution < -0.4 is 0 Å². The summed E-state index contributed by atoms with van der Waals surface area (Å²) in [5.41, 5.74) is -0.985. The van der Waals surface area contributed by atoms with Crippen molar-refractivity contribution in [2.24, 2.45) is 0 Å². The van der Waals surface area contributed by atoms with Crippen LogP contribution in [0, 0.1) is 17.5 Å². The van der Waals surface area contributed by atoms with Gasteiger partial charge >= 0.3 is 0 Å². The Morgan fingerprint density at radius 1 is 1.10 bits per heavy atom. The second-order valence-corrected chi connectivity index (χ2v) is 7.44. The van der Waals surface area contributed by atoms with Crippen LogP contribution >= 0.6 is 0 Å². The number of hydrogen-bond acceptors (Lipinski definition) is 4. The first-order valence-corrected chi connectivity index (χ1v) is 9.87. The van der Waals surface area contributed by atoms with Gasteiger partial charge in [0.25, 0.3) is 0 Å². The summed E-state index contributed by atoms with van der Waals surface area (Å²) in [7, 11) is 0. The highest BCUT2D eigenvalue weighted by atomic mass is 19.1. The second-order valence-electron chi connectivity index (χ2n) is 7.44. The Balaban J connectivity index is 1.93. The first-order chi connectivity index (χ1) is 14.4. The third-order valence-electron chi connectivity index (χ3n) is 4.93. The fourth-order valence-corrected chi connectivity index (χ4v) is 3.53. The van der Waals surface area contributed by atoms with Crippen LogP contribution in [0.15, 0.2) is 55.1 Å². The number of aliphatic hydroxyl groups is 1. The van der Waals surface area contributed by atoms with Crippen LogP contribution in [0.25, 0.3) is 0 Å². The van der Waals surface area contributed by atoms with E-state index in [1.54, 1.807) is 12.1 Å². The quantitative estimate of drug-likeness (QED) is 0.543. The smallest absolute Gasteiger partial charge is 0.137 e. The first-order valence-electron chi connectivity index (χ1n) is 9.87. The monoisotopic (exact) mass is 418 g/mol. The van der Waals surface area contributed by atoms with Crippen LogP contribution in [0.5, 0.6) is 0 Å². The highest BCUT2D eigenvalue weighted by Gasteiger charge is 2.35. The number of nitrogens with zero attached hydrogens (tertiary/aromatic N) is 4. The van der Waals surface area contributed by atoms with Crippen molar-refractivity contribution in [2.75, 3.05) is 13.1 Å². The molecule has 0 aliphatic heterocycles. The molecule has 2 aromatic carbocycles. The predicted octanol–water partition coefficient (Wildman–Crippen LogP) is 3.89. The van der Waals surface area contributed by atoms with Gasteiger partial charge in [0, 0.05) is 24.7 Å². The van der Waals surface area contributed by atoms with Crippen LogP contribution in [-0.2, 0) is 18.7 Å². The molecule has 0 amide bonds. The second kappa shape index (κ2) is 9.86. The fraction of sp³-hybridized carbons (Fsp3) is 0.364. The average Bonchev–Trinajstić information content (AvgIpc) is 3.18. The summed E-state index contributed by atoms with van der Waals surface area (Å²) < 4.78 is 43.2. The molecule has 0 radical (unpaired) electrons. The standard InChI is InChI=1S/C22H25F3N4O/c1-2-3-9-28(12-17-5-4-6-18(23)10-17)13-22(30,14-29-16-26-15-27-29)20-8-7-19(24)11-21(20)25/h4-8,10-11,15-16,30H,2-3,9,12-14H2,1H3. The molecule has 160 valence electrons. The Kier molecular flexibility index (Phi) is 7.23. The average molecular weight is 418 g/mol. The summed E-state index contributed by atoms with van der Waals surface area (Å²) in [6.07, 6.45) is 4.52. The third kappa shape index (κ3) is 5.67. The van der Waals surface area contributed by atoms with E-state index >= 15 is 0 Å². The molecule has 1 heterocycles. The highest BCUT2D eigenvalue weighted by molar-refractivity contribution is 5.26. The third-order valence-corrected chi connectivity index (χ3v) is 4.93. The van der Waals surface area contributed by atoms with Crippen molar-refractivity contribution in [3.8, 4) is 0 Å². The molecule has 0 aliphatic rings. The first kappa shape index (κ1) is 22.0. The maximum absolute atomic E-state index is 14.6. The Morgan fingerprint density at radius 3 is 2.57 bits per heavy atom. The largest absolute Gasteiger partial charge is 0.382 e. The van der Waals surface area contributed by atoms with Gasteiger partial charge in [0.2, 0.25) is 0 Å². The Morgan fingerprint density at radius 2 is 1.90 bits per heavy atom. The minimum absolute atomic E-state index is 0.0276. The molecule has 0 saturated carbocycles. The molecule has 0 spiro atoms. The molecule has 3 aromatic rings. The molecule has 30 heavy (non-hydrogen) atoms. The van der Waals surface area contributed by atoms with Gasteiger partial charge in [-0.1, -0.05) is 31.5 Å². The molecule has 0 bridgehead atoms. The van der Waals surface area contributed by atoms with Gasteiger partial charge in [-0.25, -0.2) is 22.8 Å². The van der Waals surface area contributed by atoms with Crippen molar-refractivity contribution in [2.45, 2.75) is 38.5 Å². The SMILES string of the molecule is CCCCN(Cc1cccc(F)c1)CC(O)(Cn1cncn1)c1ccc(F)cc1F. The normalized spacial score (nSPS) is 13.5. The number of unbranched alkanes of at least 4 members (excludes halogenated alkanes) is 1. The highest BCUT2D eigenvalue weighted by Crippen LogP contribution is 2.28. The van der Waals surface area contributed by atoms with Gasteiger partial charge in [0.15, 0.2) is 0 Å². The lowest BCUT2D eigenvalue weighted by Crippen LogP contribution is -2.44. The van der Waals surface area contributed by atoms with Crippen molar-refractivity contribution >= 4 is 0 Å². The molecule has 8 heteroatoms. The van der Waals surface area contributed by atoms with Crippen LogP contribution in [0.1, 0.15) is 30.9 Å². The van der Waals surface area contributed by atoms with Crippen molar-refractivity contribution < 1.29 is 18.3 Å². The van der Waals surface area contributed by atoms with Crippen LogP contribution in [-0.4, -0.2) is 37.9 Å². The van der Waals surface area contributed by atoms with Crippen LogP contribution in [0.3, 0.4) is 0 Å². The topological polar surface area (TPSA) is 54.2 Å². The predicted molar refractivity (Wildman–Crippen MR) is 107 cm³/mol. The maximum atomic E-state index is 14.6. The van der Waals surface area contributed by atoms with E-state index in [1.807, 2.05) is 11.8 Å². The lowest BCUT2D eigenvalue weighted by molar-refractivity contribution is -0.0240. The zero-order valence-corrected chi connectivity index (χ0v) is 16.8. The lowest BCUT2D eigenvalue weighted by atomic mass is 9.92. The van der Waals surface area contributed by atoms with E-state index in [1.165, 1.54) is 35.5 Å². The molecule has 1 aromatic heterocycles. The van der Waals surface area contributed by atoms with Gasteiger partial charge in [0.1, 0.15) is 35.7 Å². The molecule has 5 nitrogen and oxygen atoms in total. The molecule has 3 rings (SSSR count). The summed E-state index contributed by atoms with van der Waals surface area (Å²) in [6.45, 7) is 3.02. The van der Waals surface area contributed by atoms with Gasteiger partial charge in [-0.05, 0) is 36.7 Å². The molecule has 1 atom stereocenters. The molecule has 1 unspecified atom stereocenters. The van der Waals surface area contributed by atoms with Gasteiger partial charge in [-0.15, -0.1) is 0 Å². The van der Waals surface area contributed by atoms with Crippen LogP contribution in [0.4, 0.5) is 13.2 Å². The minimum Gasteiger partial charge on any atom is -0.382 e. The van der Waals surface area contributed by atoms with Crippen molar-refractivity contribution in [3.63, 3.8) is 0 Å². The number of benzene rings is 2. The Hall–Kier alpha value is -2.71. The van der Waals surface area contributed by atoms with E-state index in [-0.39, 0.29) is 24.5 Å². The van der Waals surface area contributed by atoms with Gasteiger partial charge in [0.05, 0.1) is 6.54 Å². The van der Waals surface area contributed by atoms with E-state index in [0.29, 0.717) is 13.1 Å². The summed E-state index contributed by atoms with van der Waals surface area (Å²) in [5, 5.41) is 15.6. The number of hydrogen-bond donors (Lipinski definition) is 1. The molecule has 0 aliphatic carbocycles. The summed E-state index contributed by atoms with van der Waals surface area (Å²) >= 11 is 0. The molecule has 0 saturated heterocycles. The lowest BCUT2D eigenvalue weighted by Gasteiger charge is -2.35. The van der Waals surface area contributed by atoms with E-state index in [2.05, 4.69) is 10.1 Å². The zero-order valence-electron chi connectivity index (χ0n) is 16.8. The van der Waals surface area contributed by atoms with Crippen molar-refractivity contribution in [3.05, 3.63) is 83.7 Å². The summed E-state index contributed by atoms with van der Waals surface area (Å²) in [4.78, 5) is 5.82. The molecule has 1 N–H and O–H groups in total. The zero-order chi connectivity index (χ0) is 21.6. The Bertz CT molecular complexity index is 951. The van der Waals surface area contributed by atoms with E-state index in [4.69, 9.17) is 0 Å². The number of halogens is 3. The van der Waals surface area contributed by atoms with Crippen molar-refractivity contribution in [1.82, 2.24) is 19.7 Å². The van der Waals surface area contributed by atoms with Crippen LogP contribution in [0.2, 0.25) is 0 Å². The maximum Gasteiger partial charge on any atom is 0.137 e. The Labute approximate surface area is 173 Å². The number of rotatable bonds is 10. The van der Waals surface area contributed by atoms with E-state index < -0.39 is 17.2 Å². The van der Waals surface area contributed by atoms with E-state index in [0.717, 1.165) is 30.5 Å². The summed E-state index contributed by atoms with van der Waals surface area (Å²) in [6, 6.07) is 9.36. The number of aromatic nitrogens is 3.